The van der Waals surface area contributed by atoms with E-state index in [0.29, 0.717) is 25.4 Å². The van der Waals surface area contributed by atoms with Gasteiger partial charge in [-0.2, -0.15) is 0 Å². The third-order valence-electron chi connectivity index (χ3n) is 5.61. The summed E-state index contributed by atoms with van der Waals surface area (Å²) in [6.07, 6.45) is 4.98. The number of halogens is 1. The van der Waals surface area contributed by atoms with E-state index in [1.165, 1.54) is 23.5 Å². The van der Waals surface area contributed by atoms with Crippen molar-refractivity contribution >= 4 is 15.9 Å². The van der Waals surface area contributed by atoms with E-state index in [-0.39, 0.29) is 29.9 Å². The minimum absolute atomic E-state index is 0.0137. The number of likely N-dealkylation sites (tertiary alicyclic amines) is 1. The number of amides is 1. The number of pyridine rings is 1. The molecule has 0 N–H and O–H groups in total. The van der Waals surface area contributed by atoms with Gasteiger partial charge in [0.2, 0.25) is 21.8 Å². The molecular formula is C23H30FN3O4S. The zero-order valence-corrected chi connectivity index (χ0v) is 19.4. The van der Waals surface area contributed by atoms with Gasteiger partial charge in [0.25, 0.3) is 0 Å². The first-order valence-corrected chi connectivity index (χ1v) is 12.3. The quantitative estimate of drug-likeness (QED) is 0.570. The Labute approximate surface area is 189 Å². The van der Waals surface area contributed by atoms with Gasteiger partial charge in [-0.3, -0.25) is 4.79 Å². The summed E-state index contributed by atoms with van der Waals surface area (Å²) >= 11 is 0. The highest BCUT2D eigenvalue weighted by atomic mass is 32.2. The Morgan fingerprint density at radius 1 is 1.25 bits per heavy atom. The van der Waals surface area contributed by atoms with Crippen molar-refractivity contribution in [1.82, 2.24) is 14.2 Å². The summed E-state index contributed by atoms with van der Waals surface area (Å²) < 4.78 is 45.3. The SMILES string of the molecule is CCc1ccc(OC2CCCN(C(=O)CCCN(C)S(=O)(=O)c3ccc(F)cc3)C2)nc1. The lowest BCUT2D eigenvalue weighted by Crippen LogP contribution is -2.44. The average Bonchev–Trinajstić information content (AvgIpc) is 2.80. The highest BCUT2D eigenvalue weighted by Gasteiger charge is 2.26. The number of sulfonamides is 1. The van der Waals surface area contributed by atoms with Crippen molar-refractivity contribution in [2.24, 2.45) is 0 Å². The van der Waals surface area contributed by atoms with Gasteiger partial charge in [-0.1, -0.05) is 13.0 Å². The molecule has 1 saturated heterocycles. The Morgan fingerprint density at radius 3 is 2.66 bits per heavy atom. The zero-order valence-electron chi connectivity index (χ0n) is 18.5. The smallest absolute Gasteiger partial charge is 0.242 e. The van der Waals surface area contributed by atoms with Gasteiger partial charge in [0, 0.05) is 38.8 Å². The van der Waals surface area contributed by atoms with Crippen LogP contribution in [0.4, 0.5) is 4.39 Å². The molecule has 0 bridgehead atoms. The molecule has 1 unspecified atom stereocenters. The van der Waals surface area contributed by atoms with E-state index < -0.39 is 15.8 Å². The Bertz CT molecular complexity index is 997. The molecule has 1 fully saturated rings. The van der Waals surface area contributed by atoms with Crippen molar-refractivity contribution in [3.63, 3.8) is 0 Å². The van der Waals surface area contributed by atoms with Crippen molar-refractivity contribution in [3.05, 3.63) is 54.0 Å². The first-order chi connectivity index (χ1) is 15.3. The van der Waals surface area contributed by atoms with Crippen molar-refractivity contribution < 1.29 is 22.3 Å². The van der Waals surface area contributed by atoms with Gasteiger partial charge in [-0.15, -0.1) is 0 Å². The maximum absolute atomic E-state index is 13.1. The summed E-state index contributed by atoms with van der Waals surface area (Å²) in [5.74, 6) is 0.0593. The minimum Gasteiger partial charge on any atom is -0.472 e. The molecule has 0 aliphatic carbocycles. The number of hydrogen-bond acceptors (Lipinski definition) is 5. The van der Waals surface area contributed by atoms with E-state index in [0.717, 1.165) is 37.0 Å². The van der Waals surface area contributed by atoms with Crippen molar-refractivity contribution in [1.29, 1.82) is 0 Å². The number of benzene rings is 1. The number of nitrogens with zero attached hydrogens (tertiary/aromatic N) is 3. The van der Waals surface area contributed by atoms with E-state index >= 15 is 0 Å². The second-order valence-corrected chi connectivity index (χ2v) is 10.0. The molecule has 3 rings (SSSR count). The summed E-state index contributed by atoms with van der Waals surface area (Å²) in [5, 5.41) is 0. The van der Waals surface area contributed by atoms with Crippen LogP contribution in [0.15, 0.2) is 47.5 Å². The number of ether oxygens (including phenoxy) is 1. The molecule has 0 radical (unpaired) electrons. The standard InChI is InChI=1S/C23H30FN3O4S/c1-3-18-8-13-22(25-16-18)31-20-6-4-15-27(17-20)23(28)7-5-14-26(2)32(29,30)21-11-9-19(24)10-12-21/h8-13,16,20H,3-7,14-15,17H2,1-2H3. The first-order valence-electron chi connectivity index (χ1n) is 10.9. The number of aromatic nitrogens is 1. The monoisotopic (exact) mass is 463 g/mol. The molecule has 1 atom stereocenters. The van der Waals surface area contributed by atoms with Crippen LogP contribution in [-0.2, 0) is 21.2 Å². The fourth-order valence-electron chi connectivity index (χ4n) is 3.64. The Morgan fingerprint density at radius 2 is 2.00 bits per heavy atom. The number of carbonyl (C=O) groups is 1. The largest absolute Gasteiger partial charge is 0.472 e. The third kappa shape index (κ3) is 6.26. The van der Waals surface area contributed by atoms with Crippen LogP contribution in [0, 0.1) is 5.82 Å². The molecule has 2 heterocycles. The molecule has 9 heteroatoms. The lowest BCUT2D eigenvalue weighted by atomic mass is 10.1. The van der Waals surface area contributed by atoms with Crippen molar-refractivity contribution in [3.8, 4) is 5.88 Å². The predicted molar refractivity (Wildman–Crippen MR) is 119 cm³/mol. The van der Waals surface area contributed by atoms with E-state index in [9.17, 15) is 17.6 Å². The molecule has 0 saturated carbocycles. The maximum Gasteiger partial charge on any atom is 0.242 e. The molecule has 0 spiro atoms. The van der Waals surface area contributed by atoms with E-state index in [1.54, 1.807) is 11.1 Å². The van der Waals surface area contributed by atoms with Crippen LogP contribution in [0.5, 0.6) is 5.88 Å². The van der Waals surface area contributed by atoms with E-state index in [4.69, 9.17) is 4.74 Å². The van der Waals surface area contributed by atoms with Gasteiger partial charge in [0.15, 0.2) is 0 Å². The molecule has 1 aliphatic rings. The molecule has 1 aromatic heterocycles. The molecule has 1 aliphatic heterocycles. The maximum atomic E-state index is 13.1. The van der Waals surface area contributed by atoms with Crippen LogP contribution in [0.2, 0.25) is 0 Å². The van der Waals surface area contributed by atoms with Gasteiger partial charge in [0.05, 0.1) is 11.4 Å². The predicted octanol–water partition coefficient (Wildman–Crippen LogP) is 3.25. The van der Waals surface area contributed by atoms with Gasteiger partial charge in [-0.25, -0.2) is 22.1 Å². The molecule has 2 aromatic rings. The Hall–Kier alpha value is -2.52. The molecule has 1 aromatic carbocycles. The second kappa shape index (κ2) is 10.9. The molecular weight excluding hydrogens is 433 g/mol. The van der Waals surface area contributed by atoms with Crippen molar-refractivity contribution in [2.75, 3.05) is 26.7 Å². The normalized spacial score (nSPS) is 16.9. The lowest BCUT2D eigenvalue weighted by molar-refractivity contribution is -0.134. The number of rotatable bonds is 9. The van der Waals surface area contributed by atoms with Crippen LogP contribution in [0.1, 0.15) is 38.2 Å². The third-order valence-corrected chi connectivity index (χ3v) is 7.48. The number of hydrogen-bond donors (Lipinski definition) is 0. The summed E-state index contributed by atoms with van der Waals surface area (Å²) in [5.41, 5.74) is 1.14. The molecule has 32 heavy (non-hydrogen) atoms. The van der Waals surface area contributed by atoms with Crippen LogP contribution in [0.25, 0.3) is 0 Å². The van der Waals surface area contributed by atoms with Crippen molar-refractivity contribution in [2.45, 2.75) is 50.0 Å². The molecule has 174 valence electrons. The summed E-state index contributed by atoms with van der Waals surface area (Å²) in [6.45, 7) is 3.44. The topological polar surface area (TPSA) is 79.8 Å². The molecule has 7 nitrogen and oxygen atoms in total. The summed E-state index contributed by atoms with van der Waals surface area (Å²) in [6, 6.07) is 8.57. The fourth-order valence-corrected chi connectivity index (χ4v) is 4.85. The van der Waals surface area contributed by atoms with Crippen LogP contribution >= 0.6 is 0 Å². The number of aryl methyl sites for hydroxylation is 1. The van der Waals surface area contributed by atoms with E-state index in [2.05, 4.69) is 11.9 Å². The summed E-state index contributed by atoms with van der Waals surface area (Å²) in [4.78, 5) is 18.8. The van der Waals surface area contributed by atoms with Gasteiger partial charge in [-0.05, 0) is 55.5 Å². The molecule has 1 amide bonds. The average molecular weight is 464 g/mol. The summed E-state index contributed by atoms with van der Waals surface area (Å²) in [7, 11) is -2.25. The van der Waals surface area contributed by atoms with Crippen LogP contribution in [-0.4, -0.2) is 61.3 Å². The van der Waals surface area contributed by atoms with E-state index in [1.807, 2.05) is 12.1 Å². The number of carbonyl (C=O) groups excluding carboxylic acids is 1. The minimum atomic E-state index is -3.71. The first kappa shape index (κ1) is 24.1. The second-order valence-electron chi connectivity index (χ2n) is 7.96. The highest BCUT2D eigenvalue weighted by molar-refractivity contribution is 7.89. The number of piperidine rings is 1. The van der Waals surface area contributed by atoms with Crippen LogP contribution in [0.3, 0.4) is 0 Å². The zero-order chi connectivity index (χ0) is 23.1. The Kier molecular flexibility index (Phi) is 8.20. The van der Waals surface area contributed by atoms with Crippen LogP contribution < -0.4 is 4.74 Å². The lowest BCUT2D eigenvalue weighted by Gasteiger charge is -2.32. The highest BCUT2D eigenvalue weighted by Crippen LogP contribution is 2.19. The van der Waals surface area contributed by atoms with Gasteiger partial charge >= 0.3 is 0 Å². The van der Waals surface area contributed by atoms with Gasteiger partial charge < -0.3 is 9.64 Å². The fraction of sp³-hybridized carbons (Fsp3) is 0.478. The van der Waals surface area contributed by atoms with Gasteiger partial charge in [0.1, 0.15) is 11.9 Å². The Balaban J connectivity index is 1.47.